The van der Waals surface area contributed by atoms with Crippen molar-refractivity contribution in [2.45, 2.75) is 52.5 Å². The number of carbonyl (C=O) groups is 1. The summed E-state index contributed by atoms with van der Waals surface area (Å²) in [7, 11) is 4.06. The summed E-state index contributed by atoms with van der Waals surface area (Å²) in [6.45, 7) is 15.1. The molecule has 4 rings (SSSR count). The molecule has 202 valence electrons. The maximum Gasteiger partial charge on any atom is 0.161 e. The summed E-state index contributed by atoms with van der Waals surface area (Å²) < 4.78 is 30.6. The monoisotopic (exact) mass is 520 g/mol. The van der Waals surface area contributed by atoms with Crippen molar-refractivity contribution in [3.63, 3.8) is 0 Å². The van der Waals surface area contributed by atoms with Gasteiger partial charge in [-0.3, -0.25) is 4.79 Å². The van der Waals surface area contributed by atoms with E-state index in [9.17, 15) is 9.18 Å². The average Bonchev–Trinajstić information content (AvgIpc) is 2.80. The number of hydrogen-bond donors (Lipinski definition) is 1. The number of rotatable bonds is 9. The molecule has 0 spiro atoms. The summed E-state index contributed by atoms with van der Waals surface area (Å²) in [6.07, 6.45) is 4.40. The number of nitrogens with two attached hydrogens (primary N) is 1. The zero-order valence-electron chi connectivity index (χ0n) is 23.1. The van der Waals surface area contributed by atoms with Gasteiger partial charge in [0.2, 0.25) is 0 Å². The van der Waals surface area contributed by atoms with Gasteiger partial charge in [-0.1, -0.05) is 25.5 Å². The molecule has 0 radical (unpaired) electrons. The second kappa shape index (κ2) is 10.7. The molecule has 2 aliphatic heterocycles. The molecule has 0 atom stereocenters. The molecule has 0 unspecified atom stereocenters. The molecule has 0 bridgehead atoms. The number of fused-ring (bicyclic) bond motifs is 1. The lowest BCUT2D eigenvalue weighted by Gasteiger charge is -2.46. The van der Waals surface area contributed by atoms with Crippen LogP contribution < -0.4 is 15.5 Å². The van der Waals surface area contributed by atoms with E-state index in [2.05, 4.69) is 29.9 Å². The Labute approximate surface area is 224 Å². The van der Waals surface area contributed by atoms with Crippen molar-refractivity contribution < 1.29 is 13.6 Å². The van der Waals surface area contributed by atoms with Gasteiger partial charge in [0.15, 0.2) is 5.78 Å². The first-order valence-corrected chi connectivity index (χ1v) is 13.1. The van der Waals surface area contributed by atoms with Crippen molar-refractivity contribution in [3.05, 3.63) is 77.0 Å². The average molecular weight is 521 g/mol. The molecule has 7 heteroatoms. The van der Waals surface area contributed by atoms with E-state index in [1.54, 1.807) is 12.3 Å². The predicted molar refractivity (Wildman–Crippen MR) is 154 cm³/mol. The molecule has 2 N–H and O–H groups in total. The van der Waals surface area contributed by atoms with Crippen LogP contribution in [0.2, 0.25) is 0 Å². The molecule has 5 nitrogen and oxygen atoms in total. The van der Waals surface area contributed by atoms with Crippen LogP contribution in [0.15, 0.2) is 48.7 Å². The Balaban J connectivity index is 1.98. The number of nitrogen functional groups attached to an aromatic ring is 1. The van der Waals surface area contributed by atoms with E-state index in [0.717, 1.165) is 41.9 Å². The smallest absolute Gasteiger partial charge is 0.161 e. The molecule has 1 fully saturated rings. The van der Waals surface area contributed by atoms with Crippen LogP contribution in [0.5, 0.6) is 0 Å². The topological polar surface area (TPSA) is 52.8 Å². The number of Topliss-reactive ketones (excluding diaryl/α,β-unsaturated/α-hetero) is 1. The van der Waals surface area contributed by atoms with Crippen LogP contribution in [-0.2, 0) is 17.6 Å². The minimum atomic E-state index is -0.494. The fourth-order valence-corrected chi connectivity index (χ4v) is 5.28. The van der Waals surface area contributed by atoms with Crippen LogP contribution in [0.1, 0.15) is 50.3 Å². The third-order valence-electron chi connectivity index (χ3n) is 7.54. The normalized spacial score (nSPS) is 15.5. The molecule has 0 amide bonds. The molecule has 2 heterocycles. The van der Waals surface area contributed by atoms with Crippen LogP contribution >= 0.6 is 0 Å². The van der Waals surface area contributed by atoms with Gasteiger partial charge in [-0.15, -0.1) is 6.58 Å². The minimum absolute atomic E-state index is 0.0127. The zero-order chi connectivity index (χ0) is 27.9. The largest absolute Gasteiger partial charge is 0.396 e. The Morgan fingerprint density at radius 1 is 1.11 bits per heavy atom. The lowest BCUT2D eigenvalue weighted by molar-refractivity contribution is -0.113. The number of carbonyl (C=O) groups excluding carboxylic acids is 1. The maximum atomic E-state index is 15.9. The zero-order valence-corrected chi connectivity index (χ0v) is 23.1. The summed E-state index contributed by atoms with van der Waals surface area (Å²) >= 11 is 0. The number of anilines is 4. The van der Waals surface area contributed by atoms with Crippen LogP contribution in [0, 0.1) is 11.6 Å². The van der Waals surface area contributed by atoms with Crippen LogP contribution in [0.3, 0.4) is 0 Å². The lowest BCUT2D eigenvalue weighted by Crippen LogP contribution is -2.58. The standard InChI is InChI=1S/C31H38F2N4O/c1-8-9-23-30-24(13-27(33)31(23)36-15-22(16-36)35(6)7)19(4)25(20(5)38)17-37(30)29-14-28(34)26(32)12-21(29)11-10-18(2)3/h12-14,17,22H,2,4,8-11,15-16,34H2,1,3,5-7H3. The van der Waals surface area contributed by atoms with Gasteiger partial charge in [-0.05, 0) is 76.5 Å². The van der Waals surface area contributed by atoms with Crippen LogP contribution in [0.4, 0.5) is 31.5 Å². The highest BCUT2D eigenvalue weighted by Crippen LogP contribution is 2.49. The van der Waals surface area contributed by atoms with Gasteiger partial charge in [-0.25, -0.2) is 8.78 Å². The Morgan fingerprint density at radius 2 is 1.79 bits per heavy atom. The van der Waals surface area contributed by atoms with Crippen molar-refractivity contribution in [1.82, 2.24) is 4.90 Å². The van der Waals surface area contributed by atoms with E-state index < -0.39 is 5.82 Å². The first kappa shape index (κ1) is 27.6. The van der Waals surface area contributed by atoms with Crippen LogP contribution in [0.25, 0.3) is 5.57 Å². The third-order valence-corrected chi connectivity index (χ3v) is 7.54. The molecule has 2 aromatic rings. The summed E-state index contributed by atoms with van der Waals surface area (Å²) in [4.78, 5) is 18.8. The number of aryl methyl sites for hydroxylation is 1. The second-order valence-electron chi connectivity index (χ2n) is 10.8. The van der Waals surface area contributed by atoms with E-state index in [4.69, 9.17) is 5.73 Å². The van der Waals surface area contributed by atoms with E-state index in [1.165, 1.54) is 19.1 Å². The number of allylic oxidation sites excluding steroid dienone is 3. The molecule has 2 aliphatic rings. The molecular weight excluding hydrogens is 482 g/mol. The third kappa shape index (κ3) is 4.99. The molecule has 0 saturated carbocycles. The number of likely N-dealkylation sites (N-methyl/N-ethyl adjacent to an activating group) is 1. The Morgan fingerprint density at radius 3 is 2.37 bits per heavy atom. The highest BCUT2D eigenvalue weighted by atomic mass is 19.1. The van der Waals surface area contributed by atoms with Crippen molar-refractivity contribution in [3.8, 4) is 0 Å². The second-order valence-corrected chi connectivity index (χ2v) is 10.8. The van der Waals surface area contributed by atoms with Crippen LogP contribution in [-0.4, -0.2) is 43.9 Å². The fourth-order valence-electron chi connectivity index (χ4n) is 5.28. The molecular formula is C31H38F2N4O. The van der Waals surface area contributed by atoms with Crippen molar-refractivity contribution >= 4 is 34.1 Å². The Bertz CT molecular complexity index is 1340. The molecule has 2 aromatic carbocycles. The highest BCUT2D eigenvalue weighted by Gasteiger charge is 2.36. The number of benzene rings is 2. The van der Waals surface area contributed by atoms with Gasteiger partial charge >= 0.3 is 0 Å². The van der Waals surface area contributed by atoms with Gasteiger partial charge in [0, 0.05) is 42.0 Å². The number of hydrogen-bond acceptors (Lipinski definition) is 5. The quantitative estimate of drug-likeness (QED) is 0.306. The first-order chi connectivity index (χ1) is 17.9. The number of halogens is 2. The Hall–Kier alpha value is -3.45. The summed E-state index contributed by atoms with van der Waals surface area (Å²) in [5.41, 5.74) is 12.1. The first-order valence-electron chi connectivity index (χ1n) is 13.1. The van der Waals surface area contributed by atoms with Gasteiger partial charge in [0.25, 0.3) is 0 Å². The van der Waals surface area contributed by atoms with Gasteiger partial charge < -0.3 is 20.4 Å². The van der Waals surface area contributed by atoms with Gasteiger partial charge in [0.05, 0.1) is 22.7 Å². The summed E-state index contributed by atoms with van der Waals surface area (Å²) in [5, 5.41) is 0. The number of nitrogens with zero attached hydrogens (tertiary/aromatic N) is 3. The van der Waals surface area contributed by atoms with Gasteiger partial charge in [-0.2, -0.15) is 0 Å². The molecule has 38 heavy (non-hydrogen) atoms. The van der Waals surface area contributed by atoms with E-state index in [1.807, 2.05) is 25.9 Å². The summed E-state index contributed by atoms with van der Waals surface area (Å²) in [5.74, 6) is -0.995. The summed E-state index contributed by atoms with van der Waals surface area (Å²) in [6, 6.07) is 4.91. The van der Waals surface area contributed by atoms with Crippen molar-refractivity contribution in [2.75, 3.05) is 42.7 Å². The maximum absolute atomic E-state index is 15.9. The SMILES string of the molecule is C=C(C)CCc1cc(F)c(N)cc1N1C=C(C(C)=O)C(=C)c2cc(F)c(N3CC(N(C)C)C3)c(CCC)c21. The van der Waals surface area contributed by atoms with E-state index in [-0.39, 0.29) is 17.3 Å². The van der Waals surface area contributed by atoms with Crippen molar-refractivity contribution in [2.24, 2.45) is 0 Å². The predicted octanol–water partition coefficient (Wildman–Crippen LogP) is 6.40. The van der Waals surface area contributed by atoms with Crippen molar-refractivity contribution in [1.29, 1.82) is 0 Å². The molecule has 0 aromatic heterocycles. The van der Waals surface area contributed by atoms with Gasteiger partial charge in [0.1, 0.15) is 11.6 Å². The fraction of sp³-hybridized carbons (Fsp3) is 0.387. The van der Waals surface area contributed by atoms with E-state index in [0.29, 0.717) is 53.4 Å². The lowest BCUT2D eigenvalue weighted by atomic mass is 9.86. The minimum Gasteiger partial charge on any atom is -0.396 e. The Kier molecular flexibility index (Phi) is 7.79. The van der Waals surface area contributed by atoms with E-state index >= 15 is 4.39 Å². The highest BCUT2D eigenvalue weighted by molar-refractivity contribution is 6.13. The molecule has 1 saturated heterocycles. The molecule has 0 aliphatic carbocycles. The number of ketones is 1.